The van der Waals surface area contributed by atoms with E-state index < -0.39 is 11.9 Å². The lowest BCUT2D eigenvalue weighted by Gasteiger charge is -2.12. The molecule has 1 aromatic heterocycles. The Hall–Kier alpha value is -2.60. The summed E-state index contributed by atoms with van der Waals surface area (Å²) in [5.74, 6) is -1.14. The summed E-state index contributed by atoms with van der Waals surface area (Å²) in [6.45, 7) is 0. The fraction of sp³-hybridized carbons (Fsp3) is 0.188. The minimum Gasteiger partial charge on any atom is -0.496 e. The number of methoxy groups -OCH3 is 2. The molecule has 1 heterocycles. The molecule has 1 aromatic carbocycles. The third-order valence-corrected chi connectivity index (χ3v) is 3.43. The molecule has 7 heteroatoms. The molecule has 0 saturated carbocycles. The van der Waals surface area contributed by atoms with Gasteiger partial charge in [-0.1, -0.05) is 11.6 Å². The minimum atomic E-state index is -1.14. The molecule has 0 unspecified atom stereocenters. The van der Waals surface area contributed by atoms with Crippen LogP contribution in [0.5, 0.6) is 5.75 Å². The van der Waals surface area contributed by atoms with Gasteiger partial charge in [-0.25, -0.2) is 4.79 Å². The molecular formula is C16H14ClNO5. The molecule has 6 nitrogen and oxygen atoms in total. The average Bonchev–Trinajstić information content (AvgIpc) is 2.54. The fourth-order valence-corrected chi connectivity index (χ4v) is 2.27. The maximum atomic E-state index is 11.5. The molecule has 0 fully saturated rings. The Kier molecular flexibility index (Phi) is 5.18. The van der Waals surface area contributed by atoms with Crippen molar-refractivity contribution in [3.63, 3.8) is 0 Å². The summed E-state index contributed by atoms with van der Waals surface area (Å²) in [5.41, 5.74) is 1.25. The smallest absolute Gasteiger partial charge is 0.337 e. The second kappa shape index (κ2) is 7.11. The lowest BCUT2D eigenvalue weighted by atomic mass is 9.99. The van der Waals surface area contributed by atoms with Crippen molar-refractivity contribution in [1.29, 1.82) is 0 Å². The minimum absolute atomic E-state index is 0.0146. The molecule has 0 saturated heterocycles. The number of hydrogen-bond donors (Lipinski definition) is 1. The summed E-state index contributed by atoms with van der Waals surface area (Å²) < 4.78 is 9.87. The van der Waals surface area contributed by atoms with E-state index in [1.54, 1.807) is 18.2 Å². The van der Waals surface area contributed by atoms with Gasteiger partial charge in [-0.3, -0.25) is 9.78 Å². The maximum Gasteiger partial charge on any atom is 0.337 e. The molecule has 0 bridgehead atoms. The first-order valence-electron chi connectivity index (χ1n) is 6.59. The standard InChI is InChI=1S/C16H14ClNO5/c1-22-14-4-3-9(17)5-12(14)11-6-10(7-15(19)23-2)18-8-13(11)16(20)21/h3-6,8H,7H2,1-2H3,(H,20,21). The first kappa shape index (κ1) is 16.8. The van der Waals surface area contributed by atoms with Crippen LogP contribution < -0.4 is 4.74 Å². The Balaban J connectivity index is 2.62. The van der Waals surface area contributed by atoms with Crippen LogP contribution in [0.4, 0.5) is 0 Å². The maximum absolute atomic E-state index is 11.5. The van der Waals surface area contributed by atoms with Crippen molar-refractivity contribution in [1.82, 2.24) is 4.98 Å². The van der Waals surface area contributed by atoms with Crippen molar-refractivity contribution >= 4 is 23.5 Å². The van der Waals surface area contributed by atoms with Crippen LogP contribution in [0.25, 0.3) is 11.1 Å². The van der Waals surface area contributed by atoms with E-state index in [0.717, 1.165) is 0 Å². The van der Waals surface area contributed by atoms with E-state index in [2.05, 4.69) is 9.72 Å². The van der Waals surface area contributed by atoms with E-state index in [1.165, 1.54) is 26.5 Å². The molecule has 0 radical (unpaired) electrons. The van der Waals surface area contributed by atoms with Crippen LogP contribution in [-0.2, 0) is 16.0 Å². The van der Waals surface area contributed by atoms with Crippen molar-refractivity contribution in [2.75, 3.05) is 14.2 Å². The third-order valence-electron chi connectivity index (χ3n) is 3.20. The van der Waals surface area contributed by atoms with Gasteiger partial charge in [-0.05, 0) is 24.3 Å². The predicted molar refractivity (Wildman–Crippen MR) is 83.9 cm³/mol. The summed E-state index contributed by atoms with van der Waals surface area (Å²) in [6, 6.07) is 6.41. The highest BCUT2D eigenvalue weighted by Gasteiger charge is 2.18. The molecule has 2 aromatic rings. The SMILES string of the molecule is COC(=O)Cc1cc(-c2cc(Cl)ccc2OC)c(C(=O)O)cn1. The zero-order valence-corrected chi connectivity index (χ0v) is 13.3. The van der Waals surface area contributed by atoms with E-state index in [9.17, 15) is 14.7 Å². The van der Waals surface area contributed by atoms with Gasteiger partial charge in [0.05, 0.1) is 31.9 Å². The van der Waals surface area contributed by atoms with Gasteiger partial charge in [-0.2, -0.15) is 0 Å². The molecule has 0 aliphatic rings. The highest BCUT2D eigenvalue weighted by Crippen LogP contribution is 2.35. The number of benzene rings is 1. The molecule has 0 spiro atoms. The largest absolute Gasteiger partial charge is 0.496 e. The third kappa shape index (κ3) is 3.78. The van der Waals surface area contributed by atoms with Crippen LogP contribution in [0.15, 0.2) is 30.5 Å². The van der Waals surface area contributed by atoms with Gasteiger partial charge in [0, 0.05) is 22.3 Å². The Bertz CT molecular complexity index is 760. The normalized spacial score (nSPS) is 10.2. The monoisotopic (exact) mass is 335 g/mol. The summed E-state index contributed by atoms with van der Waals surface area (Å²) in [4.78, 5) is 26.9. The number of carbonyl (C=O) groups excluding carboxylic acids is 1. The Morgan fingerprint density at radius 3 is 2.57 bits per heavy atom. The van der Waals surface area contributed by atoms with Gasteiger partial charge in [0.2, 0.25) is 0 Å². The average molecular weight is 336 g/mol. The number of pyridine rings is 1. The lowest BCUT2D eigenvalue weighted by molar-refractivity contribution is -0.139. The number of halogens is 1. The molecule has 120 valence electrons. The Morgan fingerprint density at radius 1 is 1.22 bits per heavy atom. The summed E-state index contributed by atoms with van der Waals surface area (Å²) in [5, 5.41) is 9.81. The molecule has 0 aliphatic carbocycles. The second-order valence-corrected chi connectivity index (χ2v) is 5.06. The van der Waals surface area contributed by atoms with Crippen molar-refractivity contribution < 1.29 is 24.2 Å². The predicted octanol–water partition coefficient (Wildman–Crippen LogP) is 2.82. The van der Waals surface area contributed by atoms with Gasteiger partial charge in [0.15, 0.2) is 0 Å². The highest BCUT2D eigenvalue weighted by atomic mass is 35.5. The van der Waals surface area contributed by atoms with Crippen molar-refractivity contribution in [3.8, 4) is 16.9 Å². The molecule has 0 amide bonds. The first-order chi connectivity index (χ1) is 11.0. The summed E-state index contributed by atoms with van der Waals surface area (Å²) in [6.07, 6.45) is 1.14. The number of rotatable bonds is 5. The number of ether oxygens (including phenoxy) is 2. The van der Waals surface area contributed by atoms with Crippen molar-refractivity contribution in [2.24, 2.45) is 0 Å². The zero-order valence-electron chi connectivity index (χ0n) is 12.5. The molecule has 1 N–H and O–H groups in total. The van der Waals surface area contributed by atoms with Crippen molar-refractivity contribution in [3.05, 3.63) is 46.7 Å². The van der Waals surface area contributed by atoms with Crippen LogP contribution in [0.2, 0.25) is 5.02 Å². The number of aromatic nitrogens is 1. The van der Waals surface area contributed by atoms with Gasteiger partial charge in [0.1, 0.15) is 5.75 Å². The first-order valence-corrected chi connectivity index (χ1v) is 6.97. The highest BCUT2D eigenvalue weighted by molar-refractivity contribution is 6.31. The van der Waals surface area contributed by atoms with Crippen LogP contribution in [0.1, 0.15) is 16.1 Å². The number of esters is 1. The van der Waals surface area contributed by atoms with Crippen LogP contribution in [0, 0.1) is 0 Å². The molecular weight excluding hydrogens is 322 g/mol. The Morgan fingerprint density at radius 2 is 1.96 bits per heavy atom. The molecule has 23 heavy (non-hydrogen) atoms. The van der Waals surface area contributed by atoms with E-state index in [1.807, 2.05) is 0 Å². The van der Waals surface area contributed by atoms with Gasteiger partial charge < -0.3 is 14.6 Å². The molecule has 0 aliphatic heterocycles. The lowest BCUT2D eigenvalue weighted by Crippen LogP contribution is -2.08. The van der Waals surface area contributed by atoms with E-state index >= 15 is 0 Å². The van der Waals surface area contributed by atoms with E-state index in [0.29, 0.717) is 27.6 Å². The van der Waals surface area contributed by atoms with Crippen LogP contribution in [-0.4, -0.2) is 36.2 Å². The fourth-order valence-electron chi connectivity index (χ4n) is 2.10. The van der Waals surface area contributed by atoms with Crippen LogP contribution >= 0.6 is 11.6 Å². The zero-order chi connectivity index (χ0) is 17.0. The van der Waals surface area contributed by atoms with Crippen molar-refractivity contribution in [2.45, 2.75) is 6.42 Å². The number of aromatic carboxylic acids is 1. The van der Waals surface area contributed by atoms with E-state index in [4.69, 9.17) is 16.3 Å². The number of nitrogens with zero attached hydrogens (tertiary/aromatic N) is 1. The number of carboxylic acid groups (broad SMARTS) is 1. The molecule has 2 rings (SSSR count). The van der Waals surface area contributed by atoms with Gasteiger partial charge >= 0.3 is 11.9 Å². The van der Waals surface area contributed by atoms with Crippen LogP contribution in [0.3, 0.4) is 0 Å². The molecule has 0 atom stereocenters. The van der Waals surface area contributed by atoms with Gasteiger partial charge in [-0.15, -0.1) is 0 Å². The van der Waals surface area contributed by atoms with E-state index in [-0.39, 0.29) is 12.0 Å². The number of carboxylic acids is 1. The van der Waals surface area contributed by atoms with Gasteiger partial charge in [0.25, 0.3) is 0 Å². The number of carbonyl (C=O) groups is 2. The summed E-state index contributed by atoms with van der Waals surface area (Å²) in [7, 11) is 2.75. The second-order valence-electron chi connectivity index (χ2n) is 4.62. The quantitative estimate of drug-likeness (QED) is 0.846. The topological polar surface area (TPSA) is 85.7 Å². The Labute approximate surface area is 137 Å². The summed E-state index contributed by atoms with van der Waals surface area (Å²) >= 11 is 6.01. The number of hydrogen-bond acceptors (Lipinski definition) is 5.